The maximum absolute atomic E-state index is 5.42. The molecule has 0 spiro atoms. The molecule has 0 atom stereocenters. The van der Waals surface area contributed by atoms with Crippen LogP contribution in [0.15, 0.2) is 218 Å². The SMILES string of the molecule is c1ccc(-c2nc(-c3cccc(-c4ccc5c(c4)sc4ccccc45)c3)nc(-c3cc(-n4c5ccccc5c5ccccc54)c(-c4ccccc4)cc3-c3ccccc3)n2)cc1. The van der Waals surface area contributed by atoms with Gasteiger partial charge in [0.1, 0.15) is 0 Å². The Balaban J connectivity index is 1.11. The average Bonchev–Trinajstić information content (AvgIpc) is 3.90. The summed E-state index contributed by atoms with van der Waals surface area (Å²) in [6, 6.07) is 77.5. The molecular formula is C57H36N4S. The van der Waals surface area contributed by atoms with Gasteiger partial charge in [-0.3, -0.25) is 0 Å². The van der Waals surface area contributed by atoms with Crippen molar-refractivity contribution in [3.8, 4) is 73.2 Å². The molecule has 0 unspecified atom stereocenters. The van der Waals surface area contributed by atoms with Crippen LogP contribution >= 0.6 is 11.3 Å². The third kappa shape index (κ3) is 6.18. The van der Waals surface area contributed by atoms with Gasteiger partial charge in [-0.25, -0.2) is 15.0 Å². The van der Waals surface area contributed by atoms with Crippen LogP contribution < -0.4 is 0 Å². The molecule has 0 N–H and O–H groups in total. The molecule has 0 aliphatic heterocycles. The first-order chi connectivity index (χ1) is 30.7. The van der Waals surface area contributed by atoms with Gasteiger partial charge in [0.05, 0.1) is 16.7 Å². The number of hydrogen-bond donors (Lipinski definition) is 0. The molecule has 0 bridgehead atoms. The standard InChI is InChI=1S/C57H36N4S/c1-4-17-37(18-5-1)47-35-48(38-19-6-2-7-20-38)52(61-50-28-13-10-25-43(50)44-26-11-14-29-51(44)61)36-49(47)57-59-55(39-21-8-3-9-22-39)58-56(60-57)42-24-16-23-40(33-42)41-31-32-46-45-27-12-15-30-53(45)62-54(46)34-41/h1-36H. The van der Waals surface area contributed by atoms with Crippen LogP contribution in [0.3, 0.4) is 0 Å². The number of thiophene rings is 1. The minimum atomic E-state index is 0.603. The van der Waals surface area contributed by atoms with Crippen LogP contribution in [-0.4, -0.2) is 19.5 Å². The van der Waals surface area contributed by atoms with E-state index in [1.165, 1.54) is 30.9 Å². The summed E-state index contributed by atoms with van der Waals surface area (Å²) in [6.45, 7) is 0. The first-order valence-corrected chi connectivity index (χ1v) is 21.7. The highest BCUT2D eigenvalue weighted by Gasteiger charge is 2.22. The Hall–Kier alpha value is -7.99. The van der Waals surface area contributed by atoms with Crippen LogP contribution in [0.2, 0.25) is 0 Å². The van der Waals surface area contributed by atoms with E-state index in [1.807, 2.05) is 29.5 Å². The number of rotatable bonds is 7. The molecule has 0 aliphatic rings. The largest absolute Gasteiger partial charge is 0.309 e. The zero-order valence-electron chi connectivity index (χ0n) is 33.5. The second-order valence-electron chi connectivity index (χ2n) is 15.6. The summed E-state index contributed by atoms with van der Waals surface area (Å²) >= 11 is 1.84. The van der Waals surface area contributed by atoms with E-state index >= 15 is 0 Å². The van der Waals surface area contributed by atoms with Crippen LogP contribution in [0.5, 0.6) is 0 Å². The van der Waals surface area contributed by atoms with Crippen molar-refractivity contribution in [3.63, 3.8) is 0 Å². The van der Waals surface area contributed by atoms with Crippen LogP contribution in [-0.2, 0) is 0 Å². The summed E-state index contributed by atoms with van der Waals surface area (Å²) in [5.74, 6) is 1.84. The van der Waals surface area contributed by atoms with Gasteiger partial charge in [0, 0.05) is 53.2 Å². The third-order valence-electron chi connectivity index (χ3n) is 11.9. The predicted molar refractivity (Wildman–Crippen MR) is 260 cm³/mol. The molecule has 0 aliphatic carbocycles. The molecule has 9 aromatic carbocycles. The molecule has 0 saturated carbocycles. The lowest BCUT2D eigenvalue weighted by Gasteiger charge is -2.20. The molecule has 0 saturated heterocycles. The van der Waals surface area contributed by atoms with Gasteiger partial charge in [-0.1, -0.05) is 176 Å². The lowest BCUT2D eigenvalue weighted by Crippen LogP contribution is -2.04. The van der Waals surface area contributed by atoms with Gasteiger partial charge in [-0.2, -0.15) is 0 Å². The predicted octanol–water partition coefficient (Wildman–Crippen LogP) is 15.3. The van der Waals surface area contributed by atoms with Gasteiger partial charge >= 0.3 is 0 Å². The summed E-state index contributed by atoms with van der Waals surface area (Å²) < 4.78 is 4.98. The maximum atomic E-state index is 5.42. The average molecular weight is 809 g/mol. The number of para-hydroxylation sites is 2. The molecule has 12 aromatic rings. The van der Waals surface area contributed by atoms with Crippen molar-refractivity contribution in [3.05, 3.63) is 218 Å². The van der Waals surface area contributed by atoms with Crippen LogP contribution in [0.4, 0.5) is 0 Å². The molecule has 3 aromatic heterocycles. The minimum Gasteiger partial charge on any atom is -0.309 e. The van der Waals surface area contributed by atoms with Gasteiger partial charge in [-0.15, -0.1) is 11.3 Å². The first kappa shape index (κ1) is 35.9. The fraction of sp³-hybridized carbons (Fsp3) is 0. The highest BCUT2D eigenvalue weighted by atomic mass is 32.1. The Morgan fingerprint density at radius 1 is 0.290 bits per heavy atom. The van der Waals surface area contributed by atoms with E-state index in [-0.39, 0.29) is 0 Å². The van der Waals surface area contributed by atoms with E-state index in [4.69, 9.17) is 15.0 Å². The van der Waals surface area contributed by atoms with Crippen molar-refractivity contribution in [2.45, 2.75) is 0 Å². The van der Waals surface area contributed by atoms with Crippen molar-refractivity contribution in [2.24, 2.45) is 0 Å². The molecule has 4 nitrogen and oxygen atoms in total. The van der Waals surface area contributed by atoms with Gasteiger partial charge in [0.25, 0.3) is 0 Å². The lowest BCUT2D eigenvalue weighted by atomic mass is 9.92. The Morgan fingerprint density at radius 2 is 0.790 bits per heavy atom. The smallest absolute Gasteiger partial charge is 0.164 e. The molecule has 62 heavy (non-hydrogen) atoms. The Labute approximate surface area is 362 Å². The normalized spacial score (nSPS) is 11.5. The molecule has 290 valence electrons. The summed E-state index contributed by atoms with van der Waals surface area (Å²) in [5, 5.41) is 4.99. The minimum absolute atomic E-state index is 0.603. The fourth-order valence-electron chi connectivity index (χ4n) is 8.93. The summed E-state index contributed by atoms with van der Waals surface area (Å²) in [5.41, 5.74) is 12.7. The van der Waals surface area contributed by atoms with Crippen molar-refractivity contribution < 1.29 is 0 Å². The number of hydrogen-bond acceptors (Lipinski definition) is 4. The Morgan fingerprint density at radius 3 is 1.48 bits per heavy atom. The fourth-order valence-corrected chi connectivity index (χ4v) is 10.1. The van der Waals surface area contributed by atoms with Crippen molar-refractivity contribution in [2.75, 3.05) is 0 Å². The van der Waals surface area contributed by atoms with Gasteiger partial charge in [0.15, 0.2) is 17.5 Å². The van der Waals surface area contributed by atoms with E-state index < -0.39 is 0 Å². The molecule has 0 radical (unpaired) electrons. The molecular weight excluding hydrogens is 773 g/mol. The highest BCUT2D eigenvalue weighted by Crippen LogP contribution is 2.43. The number of nitrogens with zero attached hydrogens (tertiary/aromatic N) is 4. The summed E-state index contributed by atoms with van der Waals surface area (Å²) in [7, 11) is 0. The second kappa shape index (κ2) is 14.9. The first-order valence-electron chi connectivity index (χ1n) is 20.8. The number of aromatic nitrogens is 4. The van der Waals surface area contributed by atoms with Crippen LogP contribution in [0.25, 0.3) is 115 Å². The van der Waals surface area contributed by atoms with Crippen molar-refractivity contribution >= 4 is 53.3 Å². The zero-order chi connectivity index (χ0) is 41.0. The quantitative estimate of drug-likeness (QED) is 0.161. The summed E-state index contributed by atoms with van der Waals surface area (Å²) in [6.07, 6.45) is 0. The molecule has 3 heterocycles. The molecule has 5 heteroatoms. The van der Waals surface area contributed by atoms with E-state index in [0.717, 1.165) is 66.8 Å². The molecule has 12 rings (SSSR count). The van der Waals surface area contributed by atoms with Crippen LogP contribution in [0, 0.1) is 0 Å². The monoisotopic (exact) mass is 808 g/mol. The lowest BCUT2D eigenvalue weighted by molar-refractivity contribution is 1.07. The zero-order valence-corrected chi connectivity index (χ0v) is 34.3. The Bertz CT molecular complexity index is 3580. The maximum Gasteiger partial charge on any atom is 0.164 e. The van der Waals surface area contributed by atoms with E-state index in [1.54, 1.807) is 0 Å². The van der Waals surface area contributed by atoms with Gasteiger partial charge < -0.3 is 4.57 Å². The third-order valence-corrected chi connectivity index (χ3v) is 13.0. The second-order valence-corrected chi connectivity index (χ2v) is 16.7. The van der Waals surface area contributed by atoms with Crippen molar-refractivity contribution in [1.82, 2.24) is 19.5 Å². The van der Waals surface area contributed by atoms with Crippen molar-refractivity contribution in [1.29, 1.82) is 0 Å². The van der Waals surface area contributed by atoms with Gasteiger partial charge in [-0.05, 0) is 70.3 Å². The molecule has 0 amide bonds. The molecule has 0 fully saturated rings. The van der Waals surface area contributed by atoms with E-state index in [9.17, 15) is 0 Å². The van der Waals surface area contributed by atoms with E-state index in [2.05, 4.69) is 205 Å². The van der Waals surface area contributed by atoms with Crippen LogP contribution in [0.1, 0.15) is 0 Å². The number of benzene rings is 9. The highest BCUT2D eigenvalue weighted by molar-refractivity contribution is 7.25. The summed E-state index contributed by atoms with van der Waals surface area (Å²) in [4.78, 5) is 16.0. The topological polar surface area (TPSA) is 43.6 Å². The number of fused-ring (bicyclic) bond motifs is 6. The Kier molecular flexibility index (Phi) is 8.65. The van der Waals surface area contributed by atoms with Gasteiger partial charge in [0.2, 0.25) is 0 Å². The van der Waals surface area contributed by atoms with E-state index in [0.29, 0.717) is 17.5 Å².